The van der Waals surface area contributed by atoms with E-state index < -0.39 is 0 Å². The van der Waals surface area contributed by atoms with Crippen molar-refractivity contribution in [2.24, 2.45) is 0 Å². The molecule has 0 aliphatic heterocycles. The maximum atomic E-state index is 10.1. The molecule has 0 heterocycles. The minimum absolute atomic E-state index is 0.182. The number of phenolic OH excluding ortho intramolecular Hbond substituents is 1. The van der Waals surface area contributed by atoms with Gasteiger partial charge in [-0.2, -0.15) is 0 Å². The van der Waals surface area contributed by atoms with Gasteiger partial charge in [0, 0.05) is 22.8 Å². The molecular weight excluding hydrogens is 274 g/mol. The average Bonchev–Trinajstić information content (AvgIpc) is 2.44. The predicted octanol–water partition coefficient (Wildman–Crippen LogP) is 4.36. The van der Waals surface area contributed by atoms with Gasteiger partial charge in [-0.15, -0.1) is 0 Å². The van der Waals surface area contributed by atoms with E-state index in [1.54, 1.807) is 6.07 Å². The minimum atomic E-state index is 0.182. The lowest BCUT2D eigenvalue weighted by Gasteiger charge is -2.13. The molecule has 0 aliphatic carbocycles. The van der Waals surface area contributed by atoms with Crippen molar-refractivity contribution in [3.05, 3.63) is 52.5 Å². The molecule has 0 bridgehead atoms. The molecular formula is C16H18ClNO2. The molecule has 0 aliphatic rings. The van der Waals surface area contributed by atoms with E-state index in [4.69, 9.17) is 16.3 Å². The Morgan fingerprint density at radius 1 is 1.20 bits per heavy atom. The standard InChI is InChI=1S/C16H18ClNO2/c1-3-20-15-9-4-6-12(16(15)19)10-18-14-8-5-7-13(17)11(14)2/h4-9,18-19H,3,10H2,1-2H3. The second kappa shape index (κ2) is 6.53. The van der Waals surface area contributed by atoms with Crippen LogP contribution in [0.5, 0.6) is 11.5 Å². The quantitative estimate of drug-likeness (QED) is 0.860. The largest absolute Gasteiger partial charge is 0.504 e. The lowest BCUT2D eigenvalue weighted by Crippen LogP contribution is -2.02. The average molecular weight is 292 g/mol. The van der Waals surface area contributed by atoms with Crippen LogP contribution >= 0.6 is 11.6 Å². The number of phenols is 1. The van der Waals surface area contributed by atoms with Gasteiger partial charge in [0.25, 0.3) is 0 Å². The lowest BCUT2D eigenvalue weighted by molar-refractivity contribution is 0.317. The molecule has 0 atom stereocenters. The maximum absolute atomic E-state index is 10.1. The van der Waals surface area contributed by atoms with Crippen molar-refractivity contribution < 1.29 is 9.84 Å². The smallest absolute Gasteiger partial charge is 0.162 e. The van der Waals surface area contributed by atoms with Gasteiger partial charge in [-0.05, 0) is 37.6 Å². The third-order valence-corrected chi connectivity index (χ3v) is 3.53. The predicted molar refractivity (Wildman–Crippen MR) is 82.8 cm³/mol. The summed E-state index contributed by atoms with van der Waals surface area (Å²) in [4.78, 5) is 0. The Morgan fingerprint density at radius 2 is 1.95 bits per heavy atom. The number of hydrogen-bond acceptors (Lipinski definition) is 3. The zero-order valence-electron chi connectivity index (χ0n) is 11.6. The second-order valence-corrected chi connectivity index (χ2v) is 4.87. The van der Waals surface area contributed by atoms with Crippen molar-refractivity contribution in [2.75, 3.05) is 11.9 Å². The molecule has 0 saturated carbocycles. The normalized spacial score (nSPS) is 10.3. The molecule has 2 aromatic rings. The van der Waals surface area contributed by atoms with Crippen LogP contribution in [0.4, 0.5) is 5.69 Å². The van der Waals surface area contributed by atoms with Crippen LogP contribution in [-0.4, -0.2) is 11.7 Å². The Labute approximate surface area is 124 Å². The van der Waals surface area contributed by atoms with E-state index in [-0.39, 0.29) is 5.75 Å². The Balaban J connectivity index is 2.15. The fraction of sp³-hybridized carbons (Fsp3) is 0.250. The van der Waals surface area contributed by atoms with Crippen molar-refractivity contribution in [3.63, 3.8) is 0 Å². The molecule has 106 valence electrons. The van der Waals surface area contributed by atoms with Gasteiger partial charge in [0.15, 0.2) is 11.5 Å². The fourth-order valence-electron chi connectivity index (χ4n) is 1.97. The van der Waals surface area contributed by atoms with E-state index in [0.717, 1.165) is 21.8 Å². The van der Waals surface area contributed by atoms with Gasteiger partial charge in [-0.25, -0.2) is 0 Å². The summed E-state index contributed by atoms with van der Waals surface area (Å²) in [6.07, 6.45) is 0. The Bertz CT molecular complexity index is 599. The number of rotatable bonds is 5. The molecule has 3 nitrogen and oxygen atoms in total. The van der Waals surface area contributed by atoms with Gasteiger partial charge >= 0.3 is 0 Å². The van der Waals surface area contributed by atoms with E-state index in [1.165, 1.54) is 0 Å². The molecule has 0 radical (unpaired) electrons. The first-order valence-corrected chi connectivity index (χ1v) is 6.94. The number of halogens is 1. The summed E-state index contributed by atoms with van der Waals surface area (Å²) in [5.41, 5.74) is 2.74. The molecule has 0 unspecified atom stereocenters. The van der Waals surface area contributed by atoms with Crippen LogP contribution in [0.3, 0.4) is 0 Å². The van der Waals surface area contributed by atoms with E-state index in [9.17, 15) is 5.11 Å². The molecule has 2 aromatic carbocycles. The Kier molecular flexibility index (Phi) is 4.74. The molecule has 0 aromatic heterocycles. The molecule has 0 saturated heterocycles. The first-order valence-electron chi connectivity index (χ1n) is 6.56. The summed E-state index contributed by atoms with van der Waals surface area (Å²) < 4.78 is 5.37. The number of anilines is 1. The highest BCUT2D eigenvalue weighted by atomic mass is 35.5. The van der Waals surface area contributed by atoms with Crippen LogP contribution in [0.15, 0.2) is 36.4 Å². The van der Waals surface area contributed by atoms with E-state index in [1.807, 2.05) is 44.2 Å². The zero-order valence-corrected chi connectivity index (χ0v) is 12.4. The highest BCUT2D eigenvalue weighted by molar-refractivity contribution is 6.31. The summed E-state index contributed by atoms with van der Waals surface area (Å²) in [6.45, 7) is 4.88. The van der Waals surface area contributed by atoms with Crippen molar-refractivity contribution in [1.82, 2.24) is 0 Å². The highest BCUT2D eigenvalue weighted by Crippen LogP contribution is 2.31. The van der Waals surface area contributed by atoms with Crippen molar-refractivity contribution >= 4 is 17.3 Å². The number of para-hydroxylation sites is 1. The topological polar surface area (TPSA) is 41.5 Å². The summed E-state index contributed by atoms with van der Waals surface area (Å²) in [5, 5.41) is 14.1. The third kappa shape index (κ3) is 3.17. The molecule has 4 heteroatoms. The number of hydrogen-bond donors (Lipinski definition) is 2. The van der Waals surface area contributed by atoms with Crippen molar-refractivity contribution in [1.29, 1.82) is 0 Å². The maximum Gasteiger partial charge on any atom is 0.162 e. The second-order valence-electron chi connectivity index (χ2n) is 4.46. The van der Waals surface area contributed by atoms with Gasteiger partial charge in [0.2, 0.25) is 0 Å². The summed E-state index contributed by atoms with van der Waals surface area (Å²) in [6, 6.07) is 11.2. The van der Waals surface area contributed by atoms with Gasteiger partial charge in [-0.3, -0.25) is 0 Å². The van der Waals surface area contributed by atoms with Crippen LogP contribution in [0.2, 0.25) is 5.02 Å². The van der Waals surface area contributed by atoms with Crippen molar-refractivity contribution in [3.8, 4) is 11.5 Å². The Hall–Kier alpha value is -1.87. The third-order valence-electron chi connectivity index (χ3n) is 3.12. The van der Waals surface area contributed by atoms with Crippen LogP contribution in [-0.2, 0) is 6.54 Å². The van der Waals surface area contributed by atoms with Gasteiger partial charge < -0.3 is 15.2 Å². The first kappa shape index (κ1) is 14.5. The van der Waals surface area contributed by atoms with E-state index in [2.05, 4.69) is 5.32 Å². The number of ether oxygens (including phenoxy) is 1. The first-order chi connectivity index (χ1) is 9.63. The van der Waals surface area contributed by atoms with Crippen LogP contribution in [0.25, 0.3) is 0 Å². The molecule has 20 heavy (non-hydrogen) atoms. The van der Waals surface area contributed by atoms with Crippen LogP contribution < -0.4 is 10.1 Å². The van der Waals surface area contributed by atoms with Crippen LogP contribution in [0.1, 0.15) is 18.1 Å². The minimum Gasteiger partial charge on any atom is -0.504 e. The molecule has 2 N–H and O–H groups in total. The number of benzene rings is 2. The zero-order chi connectivity index (χ0) is 14.5. The molecule has 2 rings (SSSR count). The van der Waals surface area contributed by atoms with Gasteiger partial charge in [0.1, 0.15) is 0 Å². The number of nitrogens with one attached hydrogen (secondary N) is 1. The number of aromatic hydroxyl groups is 1. The van der Waals surface area contributed by atoms with E-state index in [0.29, 0.717) is 18.9 Å². The van der Waals surface area contributed by atoms with Crippen molar-refractivity contribution in [2.45, 2.75) is 20.4 Å². The molecule has 0 spiro atoms. The SMILES string of the molecule is CCOc1cccc(CNc2cccc(Cl)c2C)c1O. The lowest BCUT2D eigenvalue weighted by atomic mass is 10.1. The highest BCUT2D eigenvalue weighted by Gasteiger charge is 2.08. The van der Waals surface area contributed by atoms with Crippen LogP contribution in [0, 0.1) is 6.92 Å². The van der Waals surface area contributed by atoms with E-state index >= 15 is 0 Å². The molecule has 0 fully saturated rings. The fourth-order valence-corrected chi connectivity index (χ4v) is 2.15. The summed E-state index contributed by atoms with van der Waals surface area (Å²) >= 11 is 6.08. The Morgan fingerprint density at radius 3 is 2.70 bits per heavy atom. The van der Waals surface area contributed by atoms with Gasteiger partial charge in [0.05, 0.1) is 6.61 Å². The monoisotopic (exact) mass is 291 g/mol. The summed E-state index contributed by atoms with van der Waals surface area (Å²) in [5.74, 6) is 0.691. The summed E-state index contributed by atoms with van der Waals surface area (Å²) in [7, 11) is 0. The van der Waals surface area contributed by atoms with Gasteiger partial charge in [-0.1, -0.05) is 29.8 Å². The molecule has 0 amide bonds.